The fourth-order valence-electron chi connectivity index (χ4n) is 6.19. The summed E-state index contributed by atoms with van der Waals surface area (Å²) in [6, 6.07) is 9.24. The van der Waals surface area contributed by atoms with Crippen molar-refractivity contribution in [3.05, 3.63) is 47.0 Å². The van der Waals surface area contributed by atoms with Gasteiger partial charge in [-0.25, -0.2) is 9.38 Å². The van der Waals surface area contributed by atoms with Crippen LogP contribution in [0.25, 0.3) is 16.9 Å². The second-order valence-electron chi connectivity index (χ2n) is 10.5. The van der Waals surface area contributed by atoms with E-state index in [4.69, 9.17) is 26.3 Å². The molecule has 4 aromatic rings. The molecular weight excluding hydrogens is 488 g/mol. The number of fused-ring (bicyclic) bond motifs is 3. The number of halogens is 1. The minimum Gasteiger partial charge on any atom is -0.376 e. The third-order valence-corrected chi connectivity index (χ3v) is 8.32. The number of piperazine rings is 1. The van der Waals surface area contributed by atoms with Crippen LogP contribution in [0.3, 0.4) is 0 Å². The summed E-state index contributed by atoms with van der Waals surface area (Å²) >= 11 is 6.17. The van der Waals surface area contributed by atoms with Gasteiger partial charge in [0.05, 0.1) is 12.6 Å². The highest BCUT2D eigenvalue weighted by molar-refractivity contribution is 6.30. The number of ether oxygens (including phenoxy) is 1. The zero-order valence-electron chi connectivity index (χ0n) is 22.0. The number of hydrogen-bond donors (Lipinski definition) is 0. The molecule has 37 heavy (non-hydrogen) atoms. The maximum Gasteiger partial charge on any atom is 0.258 e. The van der Waals surface area contributed by atoms with Crippen LogP contribution in [0.2, 0.25) is 5.02 Å². The van der Waals surface area contributed by atoms with Crippen LogP contribution in [0.1, 0.15) is 57.5 Å². The molecular formula is C27H35ClN8O. The summed E-state index contributed by atoms with van der Waals surface area (Å²) < 4.78 is 10.2. The number of hydrogen-bond acceptors (Lipinski definition) is 7. The maximum absolute atomic E-state index is 6.17. The van der Waals surface area contributed by atoms with E-state index in [9.17, 15) is 0 Å². The Labute approximate surface area is 222 Å². The van der Waals surface area contributed by atoms with Crippen molar-refractivity contribution in [1.82, 2.24) is 34.0 Å². The number of rotatable bonds is 6. The Morgan fingerprint density at radius 3 is 2.65 bits per heavy atom. The van der Waals surface area contributed by atoms with Gasteiger partial charge in [0.1, 0.15) is 17.7 Å². The third kappa shape index (κ3) is 4.36. The van der Waals surface area contributed by atoms with E-state index in [2.05, 4.69) is 64.4 Å². The topological polar surface area (TPSA) is 76.6 Å². The Morgan fingerprint density at radius 2 is 1.92 bits per heavy atom. The predicted molar refractivity (Wildman–Crippen MR) is 145 cm³/mol. The number of anilines is 1. The molecule has 0 radical (unpaired) electrons. The van der Waals surface area contributed by atoms with Gasteiger partial charge < -0.3 is 14.2 Å². The van der Waals surface area contributed by atoms with Gasteiger partial charge in [0.2, 0.25) is 0 Å². The summed E-state index contributed by atoms with van der Waals surface area (Å²) in [7, 11) is 0. The molecule has 4 atom stereocenters. The maximum atomic E-state index is 6.17. The lowest BCUT2D eigenvalue weighted by atomic mass is 9.97. The van der Waals surface area contributed by atoms with Gasteiger partial charge >= 0.3 is 0 Å². The zero-order valence-corrected chi connectivity index (χ0v) is 22.8. The lowest BCUT2D eigenvalue weighted by Crippen LogP contribution is -2.57. The van der Waals surface area contributed by atoms with Crippen molar-refractivity contribution in [2.75, 3.05) is 24.6 Å². The van der Waals surface area contributed by atoms with Crippen molar-refractivity contribution in [3.63, 3.8) is 0 Å². The average molecular weight is 523 g/mol. The molecule has 0 unspecified atom stereocenters. The number of aryl methyl sites for hydroxylation is 1. The van der Waals surface area contributed by atoms with Crippen molar-refractivity contribution in [2.24, 2.45) is 0 Å². The number of aromatic nitrogens is 6. The quantitative estimate of drug-likeness (QED) is 0.364. The summed E-state index contributed by atoms with van der Waals surface area (Å²) in [5.74, 6) is 2.46. The van der Waals surface area contributed by atoms with Crippen molar-refractivity contribution in [2.45, 2.75) is 77.7 Å². The van der Waals surface area contributed by atoms with Gasteiger partial charge in [-0.05, 0) is 57.7 Å². The smallest absolute Gasteiger partial charge is 0.258 e. The van der Waals surface area contributed by atoms with Crippen LogP contribution in [-0.2, 0) is 11.3 Å². The lowest BCUT2D eigenvalue weighted by molar-refractivity contribution is 0.0972. The first-order valence-corrected chi connectivity index (χ1v) is 13.8. The molecule has 0 N–H and O–H groups in total. The standard InChI is InChI=1S/C27H35ClN8O/c1-5-23(20-8-10-21(28)11-9-20)33-13-18(3)34(14-17(33)2)25-24-26(36-16-29-32-27(36)31-25)35(19(4)30-24)15-22-7-6-12-37-22/h8-11,16-18,22-23H,5-7,12-15H2,1-4H3/t17-,18+,22+,23-/m1/s1. The summed E-state index contributed by atoms with van der Waals surface area (Å²) in [5, 5.41) is 9.29. The SMILES string of the molecule is CC[C@H](c1ccc(Cl)cc1)N1C[C@H](C)N(c2nc3nncn3c3c2nc(C)n3C[C@@H]2CCCO2)C[C@H]1C. The summed E-state index contributed by atoms with van der Waals surface area (Å²) in [6.45, 7) is 12.3. The Hall–Kier alpha value is -2.75. The predicted octanol–water partition coefficient (Wildman–Crippen LogP) is 4.67. The molecule has 196 valence electrons. The first-order chi connectivity index (χ1) is 17.9. The molecule has 3 aromatic heterocycles. The van der Waals surface area contributed by atoms with Gasteiger partial charge in [0, 0.05) is 42.8 Å². The summed E-state index contributed by atoms with van der Waals surface area (Å²) in [6.07, 6.45) is 5.18. The number of imidazole rings is 1. The van der Waals surface area contributed by atoms with Gasteiger partial charge in [-0.3, -0.25) is 4.90 Å². The molecule has 2 aliphatic heterocycles. The second kappa shape index (κ2) is 9.85. The Bertz CT molecular complexity index is 1390. The number of benzene rings is 1. The molecule has 0 spiro atoms. The monoisotopic (exact) mass is 522 g/mol. The van der Waals surface area contributed by atoms with Crippen LogP contribution in [0.15, 0.2) is 30.6 Å². The molecule has 9 nitrogen and oxygen atoms in total. The fraction of sp³-hybridized carbons (Fsp3) is 0.556. The highest BCUT2D eigenvalue weighted by Crippen LogP contribution is 2.35. The van der Waals surface area contributed by atoms with E-state index in [-0.39, 0.29) is 12.1 Å². The van der Waals surface area contributed by atoms with Crippen molar-refractivity contribution >= 4 is 34.4 Å². The van der Waals surface area contributed by atoms with E-state index < -0.39 is 0 Å². The van der Waals surface area contributed by atoms with Crippen LogP contribution in [-0.4, -0.2) is 71.9 Å². The fourth-order valence-corrected chi connectivity index (χ4v) is 6.32. The van der Waals surface area contributed by atoms with Gasteiger partial charge in [-0.15, -0.1) is 10.2 Å². The van der Waals surface area contributed by atoms with Crippen molar-refractivity contribution < 1.29 is 4.74 Å². The molecule has 6 rings (SSSR count). The Balaban J connectivity index is 1.36. The highest BCUT2D eigenvalue weighted by atomic mass is 35.5. The van der Waals surface area contributed by atoms with Crippen LogP contribution >= 0.6 is 11.6 Å². The van der Waals surface area contributed by atoms with Crippen LogP contribution in [0.4, 0.5) is 5.82 Å². The molecule has 0 saturated carbocycles. The summed E-state index contributed by atoms with van der Waals surface area (Å²) in [5.41, 5.74) is 3.21. The van der Waals surface area contributed by atoms with Gasteiger partial charge in [0.15, 0.2) is 11.5 Å². The van der Waals surface area contributed by atoms with E-state index >= 15 is 0 Å². The van der Waals surface area contributed by atoms with Crippen molar-refractivity contribution in [3.8, 4) is 0 Å². The minimum absolute atomic E-state index is 0.209. The van der Waals surface area contributed by atoms with Crippen LogP contribution < -0.4 is 4.90 Å². The van der Waals surface area contributed by atoms with Crippen LogP contribution in [0.5, 0.6) is 0 Å². The molecule has 0 amide bonds. The van der Waals surface area contributed by atoms with E-state index in [0.717, 1.165) is 73.3 Å². The largest absolute Gasteiger partial charge is 0.376 e. The highest BCUT2D eigenvalue weighted by Gasteiger charge is 2.36. The number of nitrogens with zero attached hydrogens (tertiary/aromatic N) is 8. The first kappa shape index (κ1) is 24.6. The molecule has 2 fully saturated rings. The normalized spacial score (nSPS) is 23.9. The Morgan fingerprint density at radius 1 is 1.11 bits per heavy atom. The molecule has 0 bridgehead atoms. The lowest BCUT2D eigenvalue weighted by Gasteiger charge is -2.47. The van der Waals surface area contributed by atoms with Crippen LogP contribution in [0, 0.1) is 6.92 Å². The van der Waals surface area contributed by atoms with E-state index in [1.807, 2.05) is 16.5 Å². The van der Waals surface area contributed by atoms with E-state index in [0.29, 0.717) is 17.9 Å². The van der Waals surface area contributed by atoms with E-state index in [1.54, 1.807) is 6.33 Å². The zero-order chi connectivity index (χ0) is 25.7. The first-order valence-electron chi connectivity index (χ1n) is 13.4. The molecule has 2 aliphatic rings. The van der Waals surface area contributed by atoms with E-state index in [1.165, 1.54) is 5.56 Å². The molecule has 10 heteroatoms. The van der Waals surface area contributed by atoms with Gasteiger partial charge in [0.25, 0.3) is 5.78 Å². The second-order valence-corrected chi connectivity index (χ2v) is 11.0. The summed E-state index contributed by atoms with van der Waals surface area (Å²) in [4.78, 5) is 15.1. The average Bonchev–Trinajstić information content (AvgIpc) is 3.63. The molecule has 2 saturated heterocycles. The Kier molecular flexibility index (Phi) is 6.54. The van der Waals surface area contributed by atoms with Crippen molar-refractivity contribution in [1.29, 1.82) is 0 Å². The van der Waals surface area contributed by atoms with Gasteiger partial charge in [-0.2, -0.15) is 4.98 Å². The molecule has 5 heterocycles. The minimum atomic E-state index is 0.209. The molecule has 0 aliphatic carbocycles. The third-order valence-electron chi connectivity index (χ3n) is 8.07. The molecule has 1 aromatic carbocycles. The van der Waals surface area contributed by atoms with Gasteiger partial charge in [-0.1, -0.05) is 30.7 Å².